The first-order valence-corrected chi connectivity index (χ1v) is 8.70. The molecule has 0 heterocycles. The lowest BCUT2D eigenvalue weighted by molar-refractivity contribution is -0.148. The second-order valence-electron chi connectivity index (χ2n) is 7.30. The molecule has 2 aromatic carbocycles. The molecule has 0 spiro atoms. The molecule has 2 rings (SSSR count). The van der Waals surface area contributed by atoms with E-state index in [4.69, 9.17) is 9.84 Å². The van der Waals surface area contributed by atoms with Crippen LogP contribution in [0.4, 0.5) is 4.79 Å². The molecule has 6 heteroatoms. The first kappa shape index (κ1) is 20.5. The number of carboxylic acids is 1. The molecule has 1 amide bonds. The predicted octanol–water partition coefficient (Wildman–Crippen LogP) is 3.23. The molecule has 0 aliphatic rings. The smallest absolute Gasteiger partial charge is 0.407 e. The molecular weight excluding hydrogens is 346 g/mol. The Hall–Kier alpha value is -2.86. The summed E-state index contributed by atoms with van der Waals surface area (Å²) in [6, 6.07) is 16.4. The van der Waals surface area contributed by atoms with Gasteiger partial charge in [-0.25, -0.2) is 9.59 Å². The maximum Gasteiger partial charge on any atom is 0.407 e. The van der Waals surface area contributed by atoms with Crippen molar-refractivity contribution >= 4 is 12.1 Å². The number of aliphatic carboxylic acids is 1. The summed E-state index contributed by atoms with van der Waals surface area (Å²) < 4.78 is 5.16. The van der Waals surface area contributed by atoms with Crippen LogP contribution < -0.4 is 5.32 Å². The molecule has 0 saturated heterocycles. The fourth-order valence-corrected chi connectivity index (χ4v) is 2.59. The predicted molar refractivity (Wildman–Crippen MR) is 102 cm³/mol. The Labute approximate surface area is 158 Å². The van der Waals surface area contributed by atoms with Crippen LogP contribution in [0.1, 0.15) is 26.3 Å². The number of carboxylic acid groups (broad SMARTS) is 1. The van der Waals surface area contributed by atoms with Gasteiger partial charge in [-0.15, -0.1) is 0 Å². The molecule has 0 aromatic heterocycles. The quantitative estimate of drug-likeness (QED) is 0.724. The number of aliphatic hydroxyl groups is 1. The van der Waals surface area contributed by atoms with Crippen LogP contribution in [-0.2, 0) is 16.0 Å². The third kappa shape index (κ3) is 6.42. The molecule has 0 aliphatic heterocycles. The molecule has 0 aliphatic carbocycles. The van der Waals surface area contributed by atoms with Crippen molar-refractivity contribution < 1.29 is 24.5 Å². The molecule has 144 valence electrons. The molecule has 3 N–H and O–H groups in total. The second-order valence-corrected chi connectivity index (χ2v) is 7.30. The monoisotopic (exact) mass is 371 g/mol. The van der Waals surface area contributed by atoms with E-state index in [1.807, 2.05) is 54.6 Å². The Kier molecular flexibility index (Phi) is 6.58. The Morgan fingerprint density at radius 3 is 2.07 bits per heavy atom. The zero-order valence-corrected chi connectivity index (χ0v) is 15.7. The Morgan fingerprint density at radius 1 is 1.00 bits per heavy atom. The average Bonchev–Trinajstić information content (AvgIpc) is 2.60. The first-order chi connectivity index (χ1) is 12.7. The van der Waals surface area contributed by atoms with Crippen LogP contribution in [0, 0.1) is 0 Å². The molecule has 0 fully saturated rings. The van der Waals surface area contributed by atoms with Crippen LogP contribution in [0.5, 0.6) is 0 Å². The molecular formula is C21H25NO5. The highest BCUT2D eigenvalue weighted by Crippen LogP contribution is 2.20. The molecule has 6 nitrogen and oxygen atoms in total. The number of alkyl carbamates (subject to hydrolysis) is 1. The normalized spacial score (nSPS) is 13.5. The van der Waals surface area contributed by atoms with E-state index in [9.17, 15) is 14.7 Å². The third-order valence-electron chi connectivity index (χ3n) is 3.85. The van der Waals surface area contributed by atoms with Crippen LogP contribution in [0.3, 0.4) is 0 Å². The minimum Gasteiger partial charge on any atom is -0.479 e. The fourth-order valence-electron chi connectivity index (χ4n) is 2.59. The Morgan fingerprint density at radius 2 is 1.56 bits per heavy atom. The molecule has 0 unspecified atom stereocenters. The number of carbonyl (C=O) groups excluding carboxylic acids is 1. The van der Waals surface area contributed by atoms with E-state index in [-0.39, 0.29) is 6.42 Å². The summed E-state index contributed by atoms with van der Waals surface area (Å²) in [5.74, 6) is -1.41. The van der Waals surface area contributed by atoms with E-state index < -0.39 is 29.8 Å². The van der Waals surface area contributed by atoms with Gasteiger partial charge in [0.25, 0.3) is 0 Å². The molecule has 2 aromatic rings. The van der Waals surface area contributed by atoms with Gasteiger partial charge in [0.2, 0.25) is 0 Å². The maximum atomic E-state index is 12.0. The van der Waals surface area contributed by atoms with Gasteiger partial charge >= 0.3 is 12.1 Å². The Balaban J connectivity index is 2.12. The summed E-state index contributed by atoms with van der Waals surface area (Å²) >= 11 is 0. The van der Waals surface area contributed by atoms with Gasteiger partial charge in [0.1, 0.15) is 5.60 Å². The fraction of sp³-hybridized carbons (Fsp3) is 0.333. The van der Waals surface area contributed by atoms with Crippen LogP contribution >= 0.6 is 0 Å². The number of hydrogen-bond donors (Lipinski definition) is 3. The minimum atomic E-state index is -1.74. The van der Waals surface area contributed by atoms with Gasteiger partial charge < -0.3 is 20.3 Å². The highest BCUT2D eigenvalue weighted by atomic mass is 16.6. The number of nitrogens with one attached hydrogen (secondary N) is 1. The molecule has 27 heavy (non-hydrogen) atoms. The average molecular weight is 371 g/mol. The van der Waals surface area contributed by atoms with E-state index in [1.54, 1.807) is 20.8 Å². The maximum absolute atomic E-state index is 12.0. The van der Waals surface area contributed by atoms with Crippen molar-refractivity contribution in [3.63, 3.8) is 0 Å². The van der Waals surface area contributed by atoms with Crippen LogP contribution in [-0.4, -0.2) is 40.0 Å². The minimum absolute atomic E-state index is 0.155. The van der Waals surface area contributed by atoms with Gasteiger partial charge in [-0.3, -0.25) is 0 Å². The van der Waals surface area contributed by atoms with Crippen molar-refractivity contribution in [2.24, 2.45) is 0 Å². The summed E-state index contributed by atoms with van der Waals surface area (Å²) in [7, 11) is 0. The summed E-state index contributed by atoms with van der Waals surface area (Å²) in [5, 5.41) is 21.5. The molecule has 2 atom stereocenters. The molecule has 0 bridgehead atoms. The number of aliphatic hydroxyl groups excluding tert-OH is 1. The largest absolute Gasteiger partial charge is 0.479 e. The van der Waals surface area contributed by atoms with Gasteiger partial charge in [-0.1, -0.05) is 54.6 Å². The van der Waals surface area contributed by atoms with Crippen molar-refractivity contribution in [1.29, 1.82) is 0 Å². The van der Waals surface area contributed by atoms with Crippen LogP contribution in [0.2, 0.25) is 0 Å². The van der Waals surface area contributed by atoms with Gasteiger partial charge in [-0.2, -0.15) is 0 Å². The van der Waals surface area contributed by atoms with Gasteiger partial charge in [0.05, 0.1) is 6.04 Å². The zero-order chi connectivity index (χ0) is 20.0. The van der Waals surface area contributed by atoms with Crippen LogP contribution in [0.25, 0.3) is 11.1 Å². The van der Waals surface area contributed by atoms with E-state index in [0.717, 1.165) is 16.7 Å². The lowest BCUT2D eigenvalue weighted by Gasteiger charge is -2.25. The summed E-state index contributed by atoms with van der Waals surface area (Å²) in [6.45, 7) is 5.12. The first-order valence-electron chi connectivity index (χ1n) is 8.70. The van der Waals surface area contributed by atoms with Crippen molar-refractivity contribution in [3.05, 3.63) is 60.2 Å². The number of carbonyl (C=O) groups is 2. The SMILES string of the molecule is CC(C)(C)OC(=O)N[C@H](Cc1ccc(-c2ccccc2)cc1)[C@@H](O)C(=O)O. The standard InChI is InChI=1S/C21H25NO5/c1-21(2,3)27-20(26)22-17(18(23)19(24)25)13-14-9-11-16(12-10-14)15-7-5-4-6-8-15/h4-12,17-18,23H,13H2,1-3H3,(H,22,26)(H,24,25)/t17-,18-/m1/s1. The summed E-state index contributed by atoms with van der Waals surface area (Å²) in [4.78, 5) is 23.2. The van der Waals surface area contributed by atoms with E-state index in [2.05, 4.69) is 5.32 Å². The Bertz CT molecular complexity index is 765. The van der Waals surface area contributed by atoms with Crippen molar-refractivity contribution in [3.8, 4) is 11.1 Å². The van der Waals surface area contributed by atoms with Crippen molar-refractivity contribution in [1.82, 2.24) is 5.32 Å². The number of hydrogen-bond acceptors (Lipinski definition) is 4. The number of benzene rings is 2. The van der Waals surface area contributed by atoms with Gasteiger partial charge in [0, 0.05) is 0 Å². The van der Waals surface area contributed by atoms with Gasteiger partial charge in [-0.05, 0) is 43.9 Å². The van der Waals surface area contributed by atoms with Gasteiger partial charge in [0.15, 0.2) is 6.10 Å². The van der Waals surface area contributed by atoms with Crippen molar-refractivity contribution in [2.45, 2.75) is 44.9 Å². The van der Waals surface area contributed by atoms with E-state index in [0.29, 0.717) is 0 Å². The second kappa shape index (κ2) is 8.68. The third-order valence-corrected chi connectivity index (χ3v) is 3.85. The highest BCUT2D eigenvalue weighted by Gasteiger charge is 2.29. The van der Waals surface area contributed by atoms with E-state index in [1.165, 1.54) is 0 Å². The lowest BCUT2D eigenvalue weighted by atomic mass is 9.98. The van der Waals surface area contributed by atoms with E-state index >= 15 is 0 Å². The lowest BCUT2D eigenvalue weighted by Crippen LogP contribution is -2.49. The number of amides is 1. The summed E-state index contributed by atoms with van der Waals surface area (Å²) in [5.41, 5.74) is 2.16. The molecule has 0 saturated carbocycles. The topological polar surface area (TPSA) is 95.9 Å². The summed E-state index contributed by atoms with van der Waals surface area (Å²) in [6.07, 6.45) is -2.36. The van der Waals surface area contributed by atoms with Crippen molar-refractivity contribution in [2.75, 3.05) is 0 Å². The zero-order valence-electron chi connectivity index (χ0n) is 15.7. The number of rotatable bonds is 6. The number of ether oxygens (including phenoxy) is 1. The van der Waals surface area contributed by atoms with Crippen LogP contribution in [0.15, 0.2) is 54.6 Å². The molecule has 0 radical (unpaired) electrons. The highest BCUT2D eigenvalue weighted by molar-refractivity contribution is 5.75.